The predicted molar refractivity (Wildman–Crippen MR) is 87.0 cm³/mol. The number of nitrogens with one attached hydrogen (secondary N) is 1. The summed E-state index contributed by atoms with van der Waals surface area (Å²) in [6, 6.07) is 0.748. The van der Waals surface area contributed by atoms with Crippen LogP contribution in [0.1, 0.15) is 52.9 Å². The van der Waals surface area contributed by atoms with Crippen molar-refractivity contribution in [2.24, 2.45) is 5.92 Å². The van der Waals surface area contributed by atoms with E-state index in [0.717, 1.165) is 12.0 Å². The Kier molecular flexibility index (Phi) is 6.04. The Hall–Kier alpha value is 0.270. The second-order valence-corrected chi connectivity index (χ2v) is 8.09. The van der Waals surface area contributed by atoms with Crippen LogP contribution in [0.3, 0.4) is 0 Å². The number of hydrogen-bond donors (Lipinski definition) is 1. The molecule has 1 aliphatic heterocycles. The van der Waals surface area contributed by atoms with Crippen LogP contribution < -0.4 is 5.32 Å². The second-order valence-electron chi connectivity index (χ2n) is 6.70. The van der Waals surface area contributed by atoms with E-state index in [1.54, 1.807) is 0 Å². The van der Waals surface area contributed by atoms with Crippen molar-refractivity contribution in [2.75, 3.05) is 31.1 Å². The van der Waals surface area contributed by atoms with E-state index in [1.165, 1.54) is 63.2 Å². The topological polar surface area (TPSA) is 15.3 Å². The van der Waals surface area contributed by atoms with Gasteiger partial charge >= 0.3 is 0 Å². The molecule has 0 radical (unpaired) electrons. The molecule has 1 saturated carbocycles. The van der Waals surface area contributed by atoms with Gasteiger partial charge in [0.1, 0.15) is 0 Å². The van der Waals surface area contributed by atoms with E-state index in [0.29, 0.717) is 5.54 Å². The normalized spacial score (nSPS) is 27.5. The Bertz CT molecular complexity index is 261. The van der Waals surface area contributed by atoms with E-state index < -0.39 is 0 Å². The standard InChI is InChI=1S/C16H32N2S/c1-4-19-11-7-10-18-13-16(8-5-6-9-16)17-12-15(18)14(2)3/h14-15,17H,4-13H2,1-3H3. The molecule has 2 rings (SSSR count). The number of hydrogen-bond acceptors (Lipinski definition) is 3. The minimum Gasteiger partial charge on any atom is -0.308 e. The zero-order chi connectivity index (χ0) is 13.7. The summed E-state index contributed by atoms with van der Waals surface area (Å²) >= 11 is 2.09. The van der Waals surface area contributed by atoms with Crippen molar-refractivity contribution >= 4 is 11.8 Å². The molecule has 1 heterocycles. The van der Waals surface area contributed by atoms with Crippen LogP contribution in [-0.4, -0.2) is 47.6 Å². The predicted octanol–water partition coefficient (Wildman–Crippen LogP) is 3.37. The molecule has 19 heavy (non-hydrogen) atoms. The highest BCUT2D eigenvalue weighted by Crippen LogP contribution is 2.34. The first-order valence-corrected chi connectivity index (χ1v) is 9.39. The van der Waals surface area contributed by atoms with Crippen LogP contribution in [0.5, 0.6) is 0 Å². The third-order valence-corrected chi connectivity index (χ3v) is 5.91. The molecule has 2 fully saturated rings. The highest BCUT2D eigenvalue weighted by molar-refractivity contribution is 7.99. The molecule has 1 unspecified atom stereocenters. The molecule has 2 aliphatic rings. The van der Waals surface area contributed by atoms with Crippen molar-refractivity contribution in [3.63, 3.8) is 0 Å². The van der Waals surface area contributed by atoms with Gasteiger partial charge in [-0.3, -0.25) is 4.90 Å². The molecule has 2 nitrogen and oxygen atoms in total. The van der Waals surface area contributed by atoms with Crippen molar-refractivity contribution in [1.82, 2.24) is 10.2 Å². The smallest absolute Gasteiger partial charge is 0.0309 e. The molecule has 0 bridgehead atoms. The number of thioether (sulfide) groups is 1. The van der Waals surface area contributed by atoms with Gasteiger partial charge in [0.15, 0.2) is 0 Å². The van der Waals surface area contributed by atoms with Crippen LogP contribution in [0.25, 0.3) is 0 Å². The molecule has 0 amide bonds. The van der Waals surface area contributed by atoms with Gasteiger partial charge in [-0.2, -0.15) is 11.8 Å². The van der Waals surface area contributed by atoms with Crippen LogP contribution in [0.2, 0.25) is 0 Å². The molecule has 0 aromatic rings. The first kappa shape index (κ1) is 15.7. The van der Waals surface area contributed by atoms with Gasteiger partial charge in [-0.05, 0) is 43.2 Å². The first-order valence-electron chi connectivity index (χ1n) is 8.24. The fraction of sp³-hybridized carbons (Fsp3) is 1.00. The molecule has 3 heteroatoms. The van der Waals surface area contributed by atoms with Crippen molar-refractivity contribution in [3.05, 3.63) is 0 Å². The van der Waals surface area contributed by atoms with Gasteiger partial charge in [-0.15, -0.1) is 0 Å². The third-order valence-electron chi connectivity index (χ3n) is 4.93. The fourth-order valence-corrected chi connectivity index (χ4v) is 4.44. The summed E-state index contributed by atoms with van der Waals surface area (Å²) in [6.45, 7) is 10.8. The van der Waals surface area contributed by atoms with E-state index in [1.807, 2.05) is 0 Å². The maximum Gasteiger partial charge on any atom is 0.0309 e. The molecular formula is C16H32N2S. The lowest BCUT2D eigenvalue weighted by Gasteiger charge is -2.48. The maximum absolute atomic E-state index is 3.91. The summed E-state index contributed by atoms with van der Waals surface area (Å²) in [7, 11) is 0. The van der Waals surface area contributed by atoms with E-state index in [4.69, 9.17) is 0 Å². The zero-order valence-corrected chi connectivity index (χ0v) is 13.9. The SMILES string of the molecule is CCSCCCN1CC2(CCCC2)NCC1C(C)C. The lowest BCUT2D eigenvalue weighted by Crippen LogP contribution is -2.64. The lowest BCUT2D eigenvalue weighted by molar-refractivity contribution is 0.0574. The molecule has 1 saturated heterocycles. The molecule has 1 N–H and O–H groups in total. The molecular weight excluding hydrogens is 252 g/mol. The number of rotatable bonds is 6. The largest absolute Gasteiger partial charge is 0.308 e. The molecule has 1 atom stereocenters. The van der Waals surface area contributed by atoms with Crippen LogP contribution in [0.15, 0.2) is 0 Å². The number of piperazine rings is 1. The highest BCUT2D eigenvalue weighted by atomic mass is 32.2. The van der Waals surface area contributed by atoms with Crippen molar-refractivity contribution in [1.29, 1.82) is 0 Å². The highest BCUT2D eigenvalue weighted by Gasteiger charge is 2.41. The molecule has 0 aromatic carbocycles. The summed E-state index contributed by atoms with van der Waals surface area (Å²) in [6.07, 6.45) is 7.02. The summed E-state index contributed by atoms with van der Waals surface area (Å²) in [4.78, 5) is 2.81. The van der Waals surface area contributed by atoms with Crippen LogP contribution in [0.4, 0.5) is 0 Å². The summed E-state index contributed by atoms with van der Waals surface area (Å²) in [5, 5.41) is 3.91. The Morgan fingerprint density at radius 2 is 2.05 bits per heavy atom. The van der Waals surface area contributed by atoms with Gasteiger partial charge in [0.05, 0.1) is 0 Å². The van der Waals surface area contributed by atoms with Crippen LogP contribution in [-0.2, 0) is 0 Å². The van der Waals surface area contributed by atoms with E-state index >= 15 is 0 Å². The Balaban J connectivity index is 1.88. The Labute approximate surface area is 124 Å². The monoisotopic (exact) mass is 284 g/mol. The van der Waals surface area contributed by atoms with Gasteiger partial charge in [0, 0.05) is 24.7 Å². The molecule has 0 aromatic heterocycles. The van der Waals surface area contributed by atoms with E-state index in [9.17, 15) is 0 Å². The molecule has 112 valence electrons. The fourth-order valence-electron chi connectivity index (χ4n) is 3.82. The summed E-state index contributed by atoms with van der Waals surface area (Å²) in [5.74, 6) is 3.36. The van der Waals surface area contributed by atoms with Gasteiger partial charge in [0.2, 0.25) is 0 Å². The van der Waals surface area contributed by atoms with Crippen LogP contribution in [0, 0.1) is 5.92 Å². The minimum atomic E-state index is 0.475. The molecule has 1 spiro atoms. The lowest BCUT2D eigenvalue weighted by atomic mass is 9.89. The van der Waals surface area contributed by atoms with Crippen LogP contribution >= 0.6 is 11.8 Å². The van der Waals surface area contributed by atoms with Crippen molar-refractivity contribution < 1.29 is 0 Å². The maximum atomic E-state index is 3.91. The zero-order valence-electron chi connectivity index (χ0n) is 13.1. The average molecular weight is 285 g/mol. The van der Waals surface area contributed by atoms with E-state index in [-0.39, 0.29) is 0 Å². The van der Waals surface area contributed by atoms with Gasteiger partial charge in [0.25, 0.3) is 0 Å². The second kappa shape index (κ2) is 7.33. The van der Waals surface area contributed by atoms with Gasteiger partial charge < -0.3 is 5.32 Å². The molecule has 1 aliphatic carbocycles. The number of nitrogens with zero attached hydrogens (tertiary/aromatic N) is 1. The Morgan fingerprint density at radius 1 is 1.32 bits per heavy atom. The van der Waals surface area contributed by atoms with Gasteiger partial charge in [-0.1, -0.05) is 33.6 Å². The van der Waals surface area contributed by atoms with E-state index in [2.05, 4.69) is 42.7 Å². The quantitative estimate of drug-likeness (QED) is 0.753. The summed E-state index contributed by atoms with van der Waals surface area (Å²) < 4.78 is 0. The Morgan fingerprint density at radius 3 is 2.68 bits per heavy atom. The van der Waals surface area contributed by atoms with Crippen molar-refractivity contribution in [2.45, 2.75) is 64.5 Å². The minimum absolute atomic E-state index is 0.475. The first-order chi connectivity index (χ1) is 9.17. The third kappa shape index (κ3) is 4.12. The summed E-state index contributed by atoms with van der Waals surface area (Å²) in [5.41, 5.74) is 0.475. The average Bonchev–Trinajstić information content (AvgIpc) is 2.83. The van der Waals surface area contributed by atoms with Crippen molar-refractivity contribution in [3.8, 4) is 0 Å². The van der Waals surface area contributed by atoms with Gasteiger partial charge in [-0.25, -0.2) is 0 Å².